The van der Waals surface area contributed by atoms with Crippen LogP contribution in [-0.2, 0) is 0 Å². The van der Waals surface area contributed by atoms with Crippen molar-refractivity contribution in [3.8, 4) is 5.75 Å². The van der Waals surface area contributed by atoms with E-state index in [9.17, 15) is 0 Å². The Balaban J connectivity index is 1.89. The number of hydrogen-bond donors (Lipinski definition) is 1. The molecule has 0 fully saturated rings. The molecule has 3 rings (SSSR count). The van der Waals surface area contributed by atoms with Crippen LogP contribution in [-0.4, -0.2) is 38.2 Å². The zero-order valence-corrected chi connectivity index (χ0v) is 16.9. The van der Waals surface area contributed by atoms with Gasteiger partial charge in [0.15, 0.2) is 0 Å². The SMILES string of the molecule is CCN(CC)CCNc1ccc(/N=N/c2ccccc2)c2ccc(OC)cc12. The third-order valence-corrected chi connectivity index (χ3v) is 4.87. The van der Waals surface area contributed by atoms with Gasteiger partial charge in [-0.25, -0.2) is 0 Å². The molecule has 5 nitrogen and oxygen atoms in total. The topological polar surface area (TPSA) is 49.2 Å². The standard InChI is InChI=1S/C23H28N4O/c1-4-27(5-2)16-15-24-22-13-14-23(26-25-18-9-7-6-8-10-18)20-12-11-19(28-3)17-21(20)22/h6-14,17,24H,4-5,15-16H2,1-3H3/b26-25+. The van der Waals surface area contributed by atoms with Gasteiger partial charge in [0.2, 0.25) is 0 Å². The molecule has 0 radical (unpaired) electrons. The minimum Gasteiger partial charge on any atom is -0.497 e. The molecule has 0 aliphatic carbocycles. The van der Waals surface area contributed by atoms with E-state index in [0.717, 1.165) is 59.8 Å². The number of azo groups is 1. The van der Waals surface area contributed by atoms with Crippen LogP contribution in [0.3, 0.4) is 0 Å². The number of nitrogens with zero attached hydrogens (tertiary/aromatic N) is 3. The van der Waals surface area contributed by atoms with Crippen LogP contribution < -0.4 is 10.1 Å². The highest BCUT2D eigenvalue weighted by molar-refractivity contribution is 6.01. The second kappa shape index (κ2) is 9.85. The Kier molecular flexibility index (Phi) is 6.98. The minimum atomic E-state index is 0.830. The van der Waals surface area contributed by atoms with Gasteiger partial charge in [0.05, 0.1) is 18.5 Å². The van der Waals surface area contributed by atoms with Gasteiger partial charge in [-0.05, 0) is 55.6 Å². The molecule has 146 valence electrons. The van der Waals surface area contributed by atoms with Crippen LogP contribution in [0, 0.1) is 0 Å². The van der Waals surface area contributed by atoms with Crippen LogP contribution in [0.1, 0.15) is 13.8 Å². The monoisotopic (exact) mass is 376 g/mol. The Morgan fingerprint density at radius 2 is 1.68 bits per heavy atom. The van der Waals surface area contributed by atoms with E-state index >= 15 is 0 Å². The Hall–Kier alpha value is -2.92. The lowest BCUT2D eigenvalue weighted by Crippen LogP contribution is -2.28. The lowest BCUT2D eigenvalue weighted by atomic mass is 10.1. The third-order valence-electron chi connectivity index (χ3n) is 4.87. The highest BCUT2D eigenvalue weighted by Crippen LogP contribution is 2.35. The molecule has 0 amide bonds. The second-order valence-electron chi connectivity index (χ2n) is 6.53. The number of hydrogen-bond acceptors (Lipinski definition) is 5. The van der Waals surface area contributed by atoms with Crippen molar-refractivity contribution < 1.29 is 4.74 Å². The first-order valence-corrected chi connectivity index (χ1v) is 9.79. The Morgan fingerprint density at radius 3 is 2.39 bits per heavy atom. The molecule has 0 heterocycles. The molecule has 3 aromatic rings. The number of nitrogens with one attached hydrogen (secondary N) is 1. The molecule has 0 spiro atoms. The van der Waals surface area contributed by atoms with Gasteiger partial charge in [-0.1, -0.05) is 32.0 Å². The first-order chi connectivity index (χ1) is 13.7. The normalized spacial score (nSPS) is 11.4. The second-order valence-corrected chi connectivity index (χ2v) is 6.53. The summed E-state index contributed by atoms with van der Waals surface area (Å²) in [6.07, 6.45) is 0. The summed E-state index contributed by atoms with van der Waals surface area (Å²) in [5.74, 6) is 0.830. The predicted octanol–water partition coefficient (Wildman–Crippen LogP) is 6.02. The summed E-state index contributed by atoms with van der Waals surface area (Å²) >= 11 is 0. The number of rotatable bonds is 9. The number of likely N-dealkylation sites (N-methyl/N-ethyl adjacent to an activating group) is 1. The van der Waals surface area contributed by atoms with Gasteiger partial charge in [-0.15, -0.1) is 5.11 Å². The first kappa shape index (κ1) is 19.8. The number of ether oxygens (including phenoxy) is 1. The molecular formula is C23H28N4O. The van der Waals surface area contributed by atoms with Gasteiger partial charge in [-0.2, -0.15) is 5.11 Å². The van der Waals surface area contributed by atoms with Gasteiger partial charge in [-0.3, -0.25) is 0 Å². The summed E-state index contributed by atoms with van der Waals surface area (Å²) in [4.78, 5) is 2.40. The van der Waals surface area contributed by atoms with Crippen molar-refractivity contribution in [2.24, 2.45) is 10.2 Å². The molecular weight excluding hydrogens is 348 g/mol. The van der Waals surface area contributed by atoms with Crippen LogP contribution in [0.25, 0.3) is 10.8 Å². The van der Waals surface area contributed by atoms with E-state index in [-0.39, 0.29) is 0 Å². The predicted molar refractivity (Wildman–Crippen MR) is 117 cm³/mol. The molecule has 0 unspecified atom stereocenters. The minimum absolute atomic E-state index is 0.830. The first-order valence-electron chi connectivity index (χ1n) is 9.79. The van der Waals surface area contributed by atoms with E-state index in [4.69, 9.17) is 4.74 Å². The van der Waals surface area contributed by atoms with Gasteiger partial charge in [0.25, 0.3) is 0 Å². The van der Waals surface area contributed by atoms with Crippen molar-refractivity contribution >= 4 is 27.8 Å². The molecule has 0 saturated heterocycles. The quantitative estimate of drug-likeness (QED) is 0.465. The molecule has 0 atom stereocenters. The fourth-order valence-electron chi connectivity index (χ4n) is 3.17. The molecule has 0 aromatic heterocycles. The van der Waals surface area contributed by atoms with E-state index in [1.807, 2.05) is 48.5 Å². The summed E-state index contributed by atoms with van der Waals surface area (Å²) in [7, 11) is 1.69. The van der Waals surface area contributed by atoms with Crippen molar-refractivity contribution in [2.75, 3.05) is 38.6 Å². The van der Waals surface area contributed by atoms with E-state index in [2.05, 4.69) is 46.4 Å². The average Bonchev–Trinajstić information content (AvgIpc) is 2.76. The third kappa shape index (κ3) is 4.87. The van der Waals surface area contributed by atoms with Gasteiger partial charge < -0.3 is 15.0 Å². The molecule has 5 heteroatoms. The fraction of sp³-hybridized carbons (Fsp3) is 0.304. The number of methoxy groups -OCH3 is 1. The lowest BCUT2D eigenvalue weighted by Gasteiger charge is -2.19. The fourth-order valence-corrected chi connectivity index (χ4v) is 3.17. The number of fused-ring (bicyclic) bond motifs is 1. The van der Waals surface area contributed by atoms with Gasteiger partial charge in [0.1, 0.15) is 5.75 Å². The van der Waals surface area contributed by atoms with Crippen LogP contribution in [0.15, 0.2) is 70.9 Å². The van der Waals surface area contributed by atoms with Crippen molar-refractivity contribution in [3.05, 3.63) is 60.7 Å². The Bertz CT molecular complexity index is 921. The molecule has 0 bridgehead atoms. The van der Waals surface area contributed by atoms with E-state index in [1.165, 1.54) is 0 Å². The van der Waals surface area contributed by atoms with Crippen molar-refractivity contribution in [3.63, 3.8) is 0 Å². The zero-order chi connectivity index (χ0) is 19.8. The maximum absolute atomic E-state index is 5.43. The van der Waals surface area contributed by atoms with Crippen LogP contribution in [0.5, 0.6) is 5.75 Å². The highest BCUT2D eigenvalue weighted by atomic mass is 16.5. The Morgan fingerprint density at radius 1 is 0.893 bits per heavy atom. The van der Waals surface area contributed by atoms with Crippen LogP contribution >= 0.6 is 0 Å². The van der Waals surface area contributed by atoms with E-state index in [1.54, 1.807) is 7.11 Å². The zero-order valence-electron chi connectivity index (χ0n) is 16.9. The molecule has 3 aromatic carbocycles. The largest absolute Gasteiger partial charge is 0.497 e. The van der Waals surface area contributed by atoms with Gasteiger partial charge >= 0.3 is 0 Å². The number of anilines is 1. The maximum Gasteiger partial charge on any atom is 0.119 e. The smallest absolute Gasteiger partial charge is 0.119 e. The summed E-state index contributed by atoms with van der Waals surface area (Å²) in [6.45, 7) is 8.40. The van der Waals surface area contributed by atoms with Crippen LogP contribution in [0.4, 0.5) is 17.1 Å². The van der Waals surface area contributed by atoms with E-state index in [0.29, 0.717) is 0 Å². The van der Waals surface area contributed by atoms with Crippen molar-refractivity contribution in [1.29, 1.82) is 0 Å². The molecule has 28 heavy (non-hydrogen) atoms. The molecule has 0 aliphatic heterocycles. The number of benzene rings is 3. The average molecular weight is 377 g/mol. The summed E-state index contributed by atoms with van der Waals surface area (Å²) in [5, 5.41) is 14.6. The van der Waals surface area contributed by atoms with Gasteiger partial charge in [0, 0.05) is 29.5 Å². The Labute approximate surface area is 167 Å². The molecule has 0 aliphatic rings. The van der Waals surface area contributed by atoms with E-state index < -0.39 is 0 Å². The summed E-state index contributed by atoms with van der Waals surface area (Å²) < 4.78 is 5.43. The van der Waals surface area contributed by atoms with Crippen LogP contribution in [0.2, 0.25) is 0 Å². The highest BCUT2D eigenvalue weighted by Gasteiger charge is 2.08. The van der Waals surface area contributed by atoms with Crippen molar-refractivity contribution in [1.82, 2.24) is 4.90 Å². The molecule has 1 N–H and O–H groups in total. The lowest BCUT2D eigenvalue weighted by molar-refractivity contribution is 0.316. The summed E-state index contributed by atoms with van der Waals surface area (Å²) in [5.41, 5.74) is 2.76. The van der Waals surface area contributed by atoms with Crippen molar-refractivity contribution in [2.45, 2.75) is 13.8 Å². The summed E-state index contributed by atoms with van der Waals surface area (Å²) in [6, 6.07) is 19.9. The maximum atomic E-state index is 5.43. The molecule has 0 saturated carbocycles.